The number of benzene rings is 1. The summed E-state index contributed by atoms with van der Waals surface area (Å²) in [7, 11) is 1.52. The highest BCUT2D eigenvalue weighted by molar-refractivity contribution is 6.33. The third-order valence-electron chi connectivity index (χ3n) is 2.73. The SMILES string of the molecule is COc1c(Cl)cc2c(c1-c1cc(N)on1)OCCO2. The molecule has 0 saturated carbocycles. The molecule has 0 atom stereocenters. The van der Waals surface area contributed by atoms with Gasteiger partial charge in [0, 0.05) is 12.1 Å². The van der Waals surface area contributed by atoms with Gasteiger partial charge in [-0.1, -0.05) is 16.8 Å². The van der Waals surface area contributed by atoms with E-state index in [4.69, 9.17) is 36.1 Å². The number of nitrogens with zero attached hydrogens (tertiary/aromatic N) is 1. The second-order valence-electron chi connectivity index (χ2n) is 3.91. The van der Waals surface area contributed by atoms with E-state index in [0.717, 1.165) is 0 Å². The number of hydrogen-bond acceptors (Lipinski definition) is 6. The normalized spacial score (nSPS) is 13.4. The van der Waals surface area contributed by atoms with Crippen molar-refractivity contribution in [3.8, 4) is 28.5 Å². The van der Waals surface area contributed by atoms with Gasteiger partial charge in [-0.2, -0.15) is 0 Å². The van der Waals surface area contributed by atoms with Crippen LogP contribution in [0.4, 0.5) is 5.88 Å². The molecule has 19 heavy (non-hydrogen) atoms. The van der Waals surface area contributed by atoms with E-state index in [0.29, 0.717) is 46.7 Å². The molecule has 1 aliphatic rings. The van der Waals surface area contributed by atoms with Gasteiger partial charge in [0.1, 0.15) is 18.9 Å². The fourth-order valence-corrected chi connectivity index (χ4v) is 2.25. The summed E-state index contributed by atoms with van der Waals surface area (Å²) >= 11 is 6.17. The van der Waals surface area contributed by atoms with E-state index in [1.54, 1.807) is 12.1 Å². The lowest BCUT2D eigenvalue weighted by atomic mass is 10.1. The zero-order valence-electron chi connectivity index (χ0n) is 10.1. The molecule has 7 heteroatoms. The minimum atomic E-state index is 0.197. The van der Waals surface area contributed by atoms with Crippen molar-refractivity contribution in [2.24, 2.45) is 0 Å². The molecule has 0 unspecified atom stereocenters. The first-order chi connectivity index (χ1) is 9.20. The first-order valence-corrected chi connectivity index (χ1v) is 5.97. The van der Waals surface area contributed by atoms with E-state index < -0.39 is 0 Å². The number of rotatable bonds is 2. The number of aromatic nitrogens is 1. The fraction of sp³-hybridized carbons (Fsp3) is 0.250. The predicted molar refractivity (Wildman–Crippen MR) is 68.9 cm³/mol. The Bertz CT molecular complexity index is 626. The van der Waals surface area contributed by atoms with Crippen LogP contribution in [-0.4, -0.2) is 25.5 Å². The van der Waals surface area contributed by atoms with E-state index in [1.807, 2.05) is 0 Å². The molecule has 1 aromatic heterocycles. The summed E-state index contributed by atoms with van der Waals surface area (Å²) in [6.45, 7) is 0.911. The minimum absolute atomic E-state index is 0.197. The first kappa shape index (κ1) is 12.0. The van der Waals surface area contributed by atoms with Crippen molar-refractivity contribution in [3.05, 3.63) is 17.2 Å². The molecule has 0 saturated heterocycles. The molecule has 2 aromatic rings. The summed E-state index contributed by atoms with van der Waals surface area (Å²) in [5, 5.41) is 4.28. The third-order valence-corrected chi connectivity index (χ3v) is 3.01. The average molecular weight is 283 g/mol. The van der Waals surface area contributed by atoms with Crippen LogP contribution >= 0.6 is 11.6 Å². The zero-order valence-corrected chi connectivity index (χ0v) is 10.9. The van der Waals surface area contributed by atoms with E-state index in [1.165, 1.54) is 7.11 Å². The van der Waals surface area contributed by atoms with E-state index in [9.17, 15) is 0 Å². The molecule has 0 bridgehead atoms. The molecule has 1 aliphatic heterocycles. The van der Waals surface area contributed by atoms with E-state index in [2.05, 4.69) is 5.16 Å². The Balaban J connectivity index is 2.27. The lowest BCUT2D eigenvalue weighted by Gasteiger charge is -2.22. The van der Waals surface area contributed by atoms with Crippen LogP contribution < -0.4 is 19.9 Å². The Morgan fingerprint density at radius 1 is 1.32 bits per heavy atom. The van der Waals surface area contributed by atoms with Gasteiger partial charge in [-0.15, -0.1) is 0 Å². The largest absolute Gasteiger partial charge is 0.494 e. The zero-order chi connectivity index (χ0) is 13.4. The van der Waals surface area contributed by atoms with Gasteiger partial charge in [-0.05, 0) is 0 Å². The summed E-state index contributed by atoms with van der Waals surface area (Å²) in [6, 6.07) is 3.23. The molecule has 6 nitrogen and oxygen atoms in total. The number of hydrogen-bond donors (Lipinski definition) is 1. The minimum Gasteiger partial charge on any atom is -0.494 e. The Morgan fingerprint density at radius 3 is 2.79 bits per heavy atom. The van der Waals surface area contributed by atoms with Crippen LogP contribution in [-0.2, 0) is 0 Å². The second kappa shape index (κ2) is 4.55. The third kappa shape index (κ3) is 1.94. The number of fused-ring (bicyclic) bond motifs is 1. The fourth-order valence-electron chi connectivity index (χ4n) is 1.98. The van der Waals surface area contributed by atoms with Crippen LogP contribution in [0.15, 0.2) is 16.7 Å². The molecule has 0 amide bonds. The van der Waals surface area contributed by atoms with Crippen LogP contribution in [0.3, 0.4) is 0 Å². The van der Waals surface area contributed by atoms with Gasteiger partial charge >= 0.3 is 0 Å². The van der Waals surface area contributed by atoms with Crippen molar-refractivity contribution in [2.45, 2.75) is 0 Å². The van der Waals surface area contributed by atoms with Gasteiger partial charge in [0.15, 0.2) is 17.2 Å². The molecule has 100 valence electrons. The average Bonchev–Trinajstić information content (AvgIpc) is 2.83. The van der Waals surface area contributed by atoms with Gasteiger partial charge in [0.05, 0.1) is 17.7 Å². The standard InChI is InChI=1S/C12H11ClN2O4/c1-16-11-6(13)4-8-12(18-3-2-17-8)10(11)7-5-9(14)19-15-7/h4-5H,2-3,14H2,1H3. The molecule has 0 fully saturated rings. The molecule has 0 spiro atoms. The van der Waals surface area contributed by atoms with Gasteiger partial charge < -0.3 is 24.5 Å². The van der Waals surface area contributed by atoms with Crippen LogP contribution in [0.5, 0.6) is 17.2 Å². The van der Waals surface area contributed by atoms with Crippen molar-refractivity contribution in [1.82, 2.24) is 5.16 Å². The molecular formula is C12H11ClN2O4. The number of methoxy groups -OCH3 is 1. The van der Waals surface area contributed by atoms with Crippen LogP contribution in [0.25, 0.3) is 11.3 Å². The first-order valence-electron chi connectivity index (χ1n) is 5.59. The number of ether oxygens (including phenoxy) is 3. The topological polar surface area (TPSA) is 79.7 Å². The molecule has 1 aromatic carbocycles. The van der Waals surface area contributed by atoms with Crippen molar-refractivity contribution in [3.63, 3.8) is 0 Å². The summed E-state index contributed by atoms with van der Waals surface area (Å²) < 4.78 is 21.3. The lowest BCUT2D eigenvalue weighted by Crippen LogP contribution is -2.16. The summed E-state index contributed by atoms with van der Waals surface area (Å²) in [5.41, 5.74) is 6.61. The number of halogens is 1. The van der Waals surface area contributed by atoms with Crippen molar-refractivity contribution in [2.75, 3.05) is 26.1 Å². The van der Waals surface area contributed by atoms with E-state index >= 15 is 0 Å². The van der Waals surface area contributed by atoms with Crippen molar-refractivity contribution in [1.29, 1.82) is 0 Å². The van der Waals surface area contributed by atoms with Gasteiger partial charge in [-0.25, -0.2) is 0 Å². The number of nitrogen functional groups attached to an aromatic ring is 1. The summed E-state index contributed by atoms with van der Waals surface area (Å²) in [6.07, 6.45) is 0. The van der Waals surface area contributed by atoms with E-state index in [-0.39, 0.29) is 5.88 Å². The Labute approximate surface area is 114 Å². The molecule has 0 radical (unpaired) electrons. The van der Waals surface area contributed by atoms with Crippen molar-refractivity contribution >= 4 is 17.5 Å². The second-order valence-corrected chi connectivity index (χ2v) is 4.31. The van der Waals surface area contributed by atoms with Crippen molar-refractivity contribution < 1.29 is 18.7 Å². The maximum Gasteiger partial charge on any atom is 0.222 e. The number of anilines is 1. The van der Waals surface area contributed by atoms with Gasteiger partial charge in [-0.3, -0.25) is 0 Å². The predicted octanol–water partition coefficient (Wildman–Crippen LogP) is 2.36. The van der Waals surface area contributed by atoms with Crippen LogP contribution in [0.2, 0.25) is 5.02 Å². The van der Waals surface area contributed by atoms with Gasteiger partial charge in [0.2, 0.25) is 5.88 Å². The molecule has 3 rings (SSSR count). The monoisotopic (exact) mass is 282 g/mol. The maximum absolute atomic E-state index is 6.17. The highest BCUT2D eigenvalue weighted by Gasteiger charge is 2.26. The van der Waals surface area contributed by atoms with Gasteiger partial charge in [0.25, 0.3) is 0 Å². The molecular weight excluding hydrogens is 272 g/mol. The maximum atomic E-state index is 6.17. The Morgan fingerprint density at radius 2 is 2.11 bits per heavy atom. The Hall–Kier alpha value is -2.08. The lowest BCUT2D eigenvalue weighted by molar-refractivity contribution is 0.171. The molecule has 2 heterocycles. The summed E-state index contributed by atoms with van der Waals surface area (Å²) in [4.78, 5) is 0. The molecule has 2 N–H and O–H groups in total. The Kier molecular flexibility index (Phi) is 2.87. The quantitative estimate of drug-likeness (QED) is 0.911. The summed E-state index contributed by atoms with van der Waals surface area (Å²) in [5.74, 6) is 1.72. The highest BCUT2D eigenvalue weighted by atomic mass is 35.5. The smallest absolute Gasteiger partial charge is 0.222 e. The molecule has 0 aliphatic carbocycles. The number of nitrogens with two attached hydrogens (primary N) is 1. The van der Waals surface area contributed by atoms with Crippen LogP contribution in [0, 0.1) is 0 Å². The highest BCUT2D eigenvalue weighted by Crippen LogP contribution is 2.49. The van der Waals surface area contributed by atoms with Crippen LogP contribution in [0.1, 0.15) is 0 Å².